The zero-order chi connectivity index (χ0) is 26.2. The first kappa shape index (κ1) is 29.2. The molecular weight excluding hydrogens is 509 g/mol. The second kappa shape index (κ2) is 12.8. The Morgan fingerprint density at radius 1 is 1.17 bits per heavy atom. The summed E-state index contributed by atoms with van der Waals surface area (Å²) in [6.45, 7) is 11.1. The van der Waals surface area contributed by atoms with E-state index in [9.17, 15) is 14.5 Å². The Labute approximate surface area is 218 Å². The molecule has 2 N–H and O–H groups in total. The zero-order valence-corrected chi connectivity index (χ0v) is 23.4. The summed E-state index contributed by atoms with van der Waals surface area (Å²) in [5, 5.41) is 13.6. The van der Waals surface area contributed by atoms with E-state index in [4.69, 9.17) is 25.6 Å². The Bertz CT molecular complexity index is 1030. The van der Waals surface area contributed by atoms with Gasteiger partial charge < -0.3 is 19.9 Å². The Hall–Kier alpha value is -1.99. The standard InChI is InChI=1S/C25H33ClNO6PS/c1-16(2)32-18-8-10-21(28)22(13-18)35-19-9-7-17(20(26)14-19)11-12-25(6,15-31-34-30)27-23(29)33-24(3,4)5/h7-10,13-14,16,28H,11-12,15H2,1-6H3,(H,27,29)/t25-/m0/s1. The summed E-state index contributed by atoms with van der Waals surface area (Å²) < 4.78 is 27.0. The molecule has 2 aromatic carbocycles. The van der Waals surface area contributed by atoms with E-state index in [0.29, 0.717) is 28.5 Å². The summed E-state index contributed by atoms with van der Waals surface area (Å²) >= 11 is 7.95. The van der Waals surface area contributed by atoms with E-state index in [-0.39, 0.29) is 18.5 Å². The normalized spacial score (nSPS) is 13.5. The molecule has 0 aliphatic carbocycles. The first-order valence-electron chi connectivity index (χ1n) is 11.2. The van der Waals surface area contributed by atoms with Gasteiger partial charge in [0.1, 0.15) is 17.1 Å². The van der Waals surface area contributed by atoms with Crippen LogP contribution in [0.25, 0.3) is 0 Å². The highest BCUT2D eigenvalue weighted by molar-refractivity contribution is 7.99. The molecule has 0 fully saturated rings. The van der Waals surface area contributed by atoms with Gasteiger partial charge in [-0.25, -0.2) is 9.36 Å². The van der Waals surface area contributed by atoms with E-state index in [0.717, 1.165) is 10.5 Å². The first-order valence-corrected chi connectivity index (χ1v) is 13.1. The lowest BCUT2D eigenvalue weighted by molar-refractivity contribution is 0.0424. The van der Waals surface area contributed by atoms with E-state index < -0.39 is 25.9 Å². The average molecular weight is 542 g/mol. The maximum absolute atomic E-state index is 12.3. The Morgan fingerprint density at radius 3 is 2.49 bits per heavy atom. The zero-order valence-electron chi connectivity index (χ0n) is 20.9. The van der Waals surface area contributed by atoms with Crippen molar-refractivity contribution in [3.8, 4) is 11.5 Å². The van der Waals surface area contributed by atoms with Crippen LogP contribution in [0.15, 0.2) is 46.2 Å². The van der Waals surface area contributed by atoms with Crippen molar-refractivity contribution in [3.05, 3.63) is 47.0 Å². The molecule has 7 nitrogen and oxygen atoms in total. The van der Waals surface area contributed by atoms with Gasteiger partial charge in [0.05, 0.1) is 23.1 Å². The van der Waals surface area contributed by atoms with E-state index in [1.807, 2.05) is 32.0 Å². The number of carbonyl (C=O) groups excluding carboxylic acids is 1. The Morgan fingerprint density at radius 2 is 1.89 bits per heavy atom. The lowest BCUT2D eigenvalue weighted by atomic mass is 9.94. The summed E-state index contributed by atoms with van der Waals surface area (Å²) in [5.74, 6) is 0.840. The number of nitrogens with one attached hydrogen (secondary N) is 1. The largest absolute Gasteiger partial charge is 0.507 e. The molecule has 0 radical (unpaired) electrons. The van der Waals surface area contributed by atoms with Gasteiger partial charge in [-0.2, -0.15) is 0 Å². The number of aromatic hydroxyl groups is 1. The molecule has 0 spiro atoms. The number of phenolic OH excluding ortho intramolecular Hbond substituents is 1. The van der Waals surface area contributed by atoms with Gasteiger partial charge >= 0.3 is 14.8 Å². The lowest BCUT2D eigenvalue weighted by Gasteiger charge is -2.31. The van der Waals surface area contributed by atoms with Crippen LogP contribution in [0.3, 0.4) is 0 Å². The number of alkyl carbamates (subject to hydrolysis) is 1. The summed E-state index contributed by atoms with van der Waals surface area (Å²) in [4.78, 5) is 13.8. The molecule has 0 saturated heterocycles. The average Bonchev–Trinajstić information content (AvgIpc) is 2.72. The number of amides is 1. The third kappa shape index (κ3) is 10.3. The molecule has 0 aliphatic rings. The quantitative estimate of drug-likeness (QED) is 0.286. The third-order valence-electron chi connectivity index (χ3n) is 4.74. The smallest absolute Gasteiger partial charge is 0.408 e. The fraction of sp³-hybridized carbons (Fsp3) is 0.480. The fourth-order valence-electron chi connectivity index (χ4n) is 3.14. The lowest BCUT2D eigenvalue weighted by Crippen LogP contribution is -2.51. The molecular formula is C25H33ClNO6PS. The molecule has 0 aromatic heterocycles. The number of ether oxygens (including phenoxy) is 2. The fourth-order valence-corrected chi connectivity index (χ4v) is 4.73. The number of rotatable bonds is 11. The van der Waals surface area contributed by atoms with Crippen LogP contribution in [0.4, 0.5) is 4.79 Å². The number of benzene rings is 2. The highest BCUT2D eigenvalue weighted by Crippen LogP contribution is 2.38. The minimum atomic E-state index is -0.820. The van der Waals surface area contributed by atoms with Gasteiger partial charge in [-0.15, -0.1) is 0 Å². The molecule has 192 valence electrons. The molecule has 0 heterocycles. The molecule has 1 amide bonds. The highest BCUT2D eigenvalue weighted by atomic mass is 35.5. The minimum Gasteiger partial charge on any atom is -0.507 e. The number of hydrogen-bond donors (Lipinski definition) is 2. The van der Waals surface area contributed by atoms with Gasteiger partial charge in [0.25, 0.3) is 0 Å². The summed E-state index contributed by atoms with van der Waals surface area (Å²) in [6, 6.07) is 10.8. The Kier molecular flexibility index (Phi) is 10.7. The molecule has 0 bridgehead atoms. The van der Waals surface area contributed by atoms with Gasteiger partial charge in [-0.05, 0) is 90.3 Å². The van der Waals surface area contributed by atoms with Crippen LogP contribution >= 0.6 is 32.0 Å². The summed E-state index contributed by atoms with van der Waals surface area (Å²) in [6.07, 6.45) is 0.467. The van der Waals surface area contributed by atoms with Crippen LogP contribution in [0, 0.1) is 0 Å². The van der Waals surface area contributed by atoms with Crippen molar-refractivity contribution in [3.63, 3.8) is 0 Å². The van der Waals surface area contributed by atoms with Crippen LogP contribution < -0.4 is 10.1 Å². The van der Waals surface area contributed by atoms with Crippen LogP contribution in [0.5, 0.6) is 11.5 Å². The molecule has 0 unspecified atom stereocenters. The van der Waals surface area contributed by atoms with Crippen molar-refractivity contribution in [1.29, 1.82) is 0 Å². The Balaban J connectivity index is 2.11. The SMILES string of the molecule is CC(C)Oc1ccc(O)c(Sc2ccc(CC[C@@](C)(COP=O)NC(=O)OC(C)(C)C)c(Cl)c2)c1. The van der Waals surface area contributed by atoms with Crippen LogP contribution in [-0.2, 0) is 20.2 Å². The molecule has 2 aromatic rings. The molecule has 10 heteroatoms. The second-order valence-corrected chi connectivity index (χ2v) is 11.6. The number of carbonyl (C=O) groups is 1. The molecule has 2 rings (SSSR count). The first-order chi connectivity index (χ1) is 16.3. The van der Waals surface area contributed by atoms with Gasteiger partial charge in [-0.1, -0.05) is 29.4 Å². The van der Waals surface area contributed by atoms with Gasteiger partial charge in [0.15, 0.2) is 0 Å². The van der Waals surface area contributed by atoms with Gasteiger partial charge in [-0.3, -0.25) is 4.52 Å². The van der Waals surface area contributed by atoms with E-state index in [2.05, 4.69) is 5.32 Å². The summed E-state index contributed by atoms with van der Waals surface area (Å²) in [5.41, 5.74) is -0.581. The molecule has 0 saturated carbocycles. The van der Waals surface area contributed by atoms with Crippen molar-refractivity contribution < 1.29 is 28.5 Å². The van der Waals surface area contributed by atoms with Crippen molar-refractivity contribution in [1.82, 2.24) is 5.32 Å². The predicted molar refractivity (Wildman–Crippen MR) is 139 cm³/mol. The number of hydrogen-bond acceptors (Lipinski definition) is 7. The van der Waals surface area contributed by atoms with Crippen LogP contribution in [0.1, 0.15) is 53.5 Å². The molecule has 1 atom stereocenters. The summed E-state index contributed by atoms with van der Waals surface area (Å²) in [7, 11) is -0.466. The third-order valence-corrected chi connectivity index (χ3v) is 6.36. The monoisotopic (exact) mass is 541 g/mol. The number of phenols is 1. The van der Waals surface area contributed by atoms with Crippen molar-refractivity contribution in [2.45, 2.75) is 81.4 Å². The van der Waals surface area contributed by atoms with Crippen molar-refractivity contribution in [2.24, 2.45) is 0 Å². The van der Waals surface area contributed by atoms with E-state index in [1.54, 1.807) is 45.9 Å². The van der Waals surface area contributed by atoms with E-state index in [1.165, 1.54) is 11.8 Å². The minimum absolute atomic E-state index is 0.0280. The van der Waals surface area contributed by atoms with Crippen molar-refractivity contribution >= 4 is 38.1 Å². The number of halogens is 1. The number of aryl methyl sites for hydroxylation is 1. The van der Waals surface area contributed by atoms with E-state index >= 15 is 0 Å². The van der Waals surface area contributed by atoms with Crippen LogP contribution in [-0.4, -0.2) is 35.1 Å². The van der Waals surface area contributed by atoms with Crippen LogP contribution in [0.2, 0.25) is 5.02 Å². The molecule has 0 aliphatic heterocycles. The predicted octanol–water partition coefficient (Wildman–Crippen LogP) is 7.42. The topological polar surface area (TPSA) is 94.1 Å². The van der Waals surface area contributed by atoms with Gasteiger partial charge in [0, 0.05) is 9.92 Å². The maximum atomic E-state index is 12.3. The highest BCUT2D eigenvalue weighted by Gasteiger charge is 2.30. The molecule has 35 heavy (non-hydrogen) atoms. The van der Waals surface area contributed by atoms with Gasteiger partial charge in [0.2, 0.25) is 0 Å². The van der Waals surface area contributed by atoms with Crippen molar-refractivity contribution in [2.75, 3.05) is 6.61 Å². The second-order valence-electron chi connectivity index (χ2n) is 9.69. The maximum Gasteiger partial charge on any atom is 0.408 e.